The Kier molecular flexibility index (Phi) is 4.13. The Hall–Kier alpha value is -3.39. The van der Waals surface area contributed by atoms with Crippen LogP contribution in [0.15, 0.2) is 54.6 Å². The quantitative estimate of drug-likeness (QED) is 0.791. The molecule has 2 N–H and O–H groups in total. The second-order valence-corrected chi connectivity index (χ2v) is 5.17. The first kappa shape index (κ1) is 15.5. The number of nitriles is 1. The van der Waals surface area contributed by atoms with Gasteiger partial charge in [0.25, 0.3) is 0 Å². The fourth-order valence-corrected chi connectivity index (χ4v) is 2.47. The molecule has 4 nitrogen and oxygen atoms in total. The van der Waals surface area contributed by atoms with Gasteiger partial charge in [-0.2, -0.15) is 5.26 Å². The molecular formula is C19H14FN3O. The fourth-order valence-electron chi connectivity index (χ4n) is 2.47. The third kappa shape index (κ3) is 2.90. The highest BCUT2D eigenvalue weighted by atomic mass is 19.1. The van der Waals surface area contributed by atoms with Gasteiger partial charge in [-0.3, -0.25) is 0 Å². The van der Waals surface area contributed by atoms with Crippen molar-refractivity contribution in [2.24, 2.45) is 0 Å². The number of nitrogen functional groups attached to an aromatic ring is 1. The zero-order valence-corrected chi connectivity index (χ0v) is 13.0. The van der Waals surface area contributed by atoms with Crippen LogP contribution in [0.5, 0.6) is 5.75 Å². The number of nitrogens with zero attached hydrogens (tertiary/aromatic N) is 2. The molecule has 0 bridgehead atoms. The van der Waals surface area contributed by atoms with E-state index in [1.807, 2.05) is 24.3 Å². The Labute approximate surface area is 139 Å². The summed E-state index contributed by atoms with van der Waals surface area (Å²) in [5.41, 5.74) is 8.98. The van der Waals surface area contributed by atoms with Gasteiger partial charge in [0, 0.05) is 11.1 Å². The van der Waals surface area contributed by atoms with Crippen LogP contribution in [0.25, 0.3) is 22.4 Å². The average molecular weight is 319 g/mol. The summed E-state index contributed by atoms with van der Waals surface area (Å²) in [6.45, 7) is 0. The second kappa shape index (κ2) is 6.39. The van der Waals surface area contributed by atoms with Crippen LogP contribution < -0.4 is 10.5 Å². The van der Waals surface area contributed by atoms with Crippen LogP contribution in [0, 0.1) is 17.1 Å². The highest BCUT2D eigenvalue weighted by Crippen LogP contribution is 2.32. The van der Waals surface area contributed by atoms with Crippen molar-refractivity contribution in [3.63, 3.8) is 0 Å². The van der Waals surface area contributed by atoms with Crippen molar-refractivity contribution in [3.8, 4) is 34.2 Å². The normalized spacial score (nSPS) is 10.2. The summed E-state index contributed by atoms with van der Waals surface area (Å²) in [5.74, 6) is 0.491. The van der Waals surface area contributed by atoms with E-state index >= 15 is 0 Å². The third-order valence-electron chi connectivity index (χ3n) is 3.68. The van der Waals surface area contributed by atoms with Crippen LogP contribution in [0.3, 0.4) is 0 Å². The van der Waals surface area contributed by atoms with E-state index in [4.69, 9.17) is 10.5 Å². The molecule has 0 saturated carbocycles. The Bertz CT molecular complexity index is 930. The molecule has 0 fully saturated rings. The highest BCUT2D eigenvalue weighted by Gasteiger charge is 2.13. The minimum atomic E-state index is -0.340. The van der Waals surface area contributed by atoms with Gasteiger partial charge >= 0.3 is 0 Å². The largest absolute Gasteiger partial charge is 0.497 e. The third-order valence-corrected chi connectivity index (χ3v) is 3.68. The number of aromatic nitrogens is 1. The van der Waals surface area contributed by atoms with Crippen LogP contribution in [0.1, 0.15) is 5.56 Å². The molecule has 118 valence electrons. The lowest BCUT2D eigenvalue weighted by Crippen LogP contribution is -2.00. The number of hydrogen-bond acceptors (Lipinski definition) is 4. The number of anilines is 1. The molecule has 1 aromatic heterocycles. The van der Waals surface area contributed by atoms with Gasteiger partial charge in [-0.1, -0.05) is 24.3 Å². The molecule has 1 heterocycles. The second-order valence-electron chi connectivity index (χ2n) is 5.17. The SMILES string of the molecule is COc1cccc(-c2cc(-c3ccc(F)cc3)c(C#N)c(N)n2)c1. The number of methoxy groups -OCH3 is 1. The van der Waals surface area contributed by atoms with Crippen molar-refractivity contribution in [1.82, 2.24) is 4.98 Å². The molecule has 0 aliphatic carbocycles. The van der Waals surface area contributed by atoms with Gasteiger partial charge in [0.15, 0.2) is 0 Å². The topological polar surface area (TPSA) is 71.9 Å². The fraction of sp³-hybridized carbons (Fsp3) is 0.0526. The van der Waals surface area contributed by atoms with E-state index in [9.17, 15) is 9.65 Å². The summed E-state index contributed by atoms with van der Waals surface area (Å²) in [4.78, 5) is 4.32. The molecule has 0 atom stereocenters. The smallest absolute Gasteiger partial charge is 0.142 e. The van der Waals surface area contributed by atoms with Gasteiger partial charge in [-0.25, -0.2) is 9.37 Å². The van der Waals surface area contributed by atoms with Crippen molar-refractivity contribution < 1.29 is 9.13 Å². The molecule has 0 radical (unpaired) electrons. The Balaban J connectivity index is 2.20. The zero-order chi connectivity index (χ0) is 17.1. The Morgan fingerprint density at radius 3 is 2.50 bits per heavy atom. The summed E-state index contributed by atoms with van der Waals surface area (Å²) in [7, 11) is 1.59. The molecule has 2 aromatic carbocycles. The van der Waals surface area contributed by atoms with Crippen molar-refractivity contribution >= 4 is 5.82 Å². The molecule has 24 heavy (non-hydrogen) atoms. The van der Waals surface area contributed by atoms with Gasteiger partial charge in [0.1, 0.15) is 29.0 Å². The van der Waals surface area contributed by atoms with Gasteiger partial charge in [0.05, 0.1) is 12.8 Å². The standard InChI is InChI=1S/C19H14FN3O/c1-24-15-4-2-3-13(9-15)18-10-16(17(11-21)19(22)23-18)12-5-7-14(20)8-6-12/h2-10H,1H3,(H2,22,23). The van der Waals surface area contributed by atoms with E-state index in [2.05, 4.69) is 11.1 Å². The lowest BCUT2D eigenvalue weighted by molar-refractivity contribution is 0.415. The summed E-state index contributed by atoms with van der Waals surface area (Å²) in [6, 6.07) is 17.2. The van der Waals surface area contributed by atoms with Gasteiger partial charge in [0.2, 0.25) is 0 Å². The number of halogens is 1. The van der Waals surface area contributed by atoms with Crippen molar-refractivity contribution in [1.29, 1.82) is 5.26 Å². The maximum atomic E-state index is 13.2. The first-order chi connectivity index (χ1) is 11.6. The van der Waals surface area contributed by atoms with E-state index in [0.29, 0.717) is 22.6 Å². The molecular weight excluding hydrogens is 305 g/mol. The van der Waals surface area contributed by atoms with E-state index < -0.39 is 0 Å². The number of ether oxygens (including phenoxy) is 1. The molecule has 0 amide bonds. The van der Waals surface area contributed by atoms with Gasteiger partial charge in [-0.15, -0.1) is 0 Å². The maximum Gasteiger partial charge on any atom is 0.142 e. The number of rotatable bonds is 3. The Morgan fingerprint density at radius 1 is 1.08 bits per heavy atom. The van der Waals surface area contributed by atoms with E-state index in [1.165, 1.54) is 12.1 Å². The van der Waals surface area contributed by atoms with Crippen LogP contribution in [-0.4, -0.2) is 12.1 Å². The number of nitrogens with two attached hydrogens (primary N) is 1. The maximum absolute atomic E-state index is 13.2. The monoisotopic (exact) mass is 319 g/mol. The summed E-state index contributed by atoms with van der Waals surface area (Å²) in [5, 5.41) is 9.39. The molecule has 0 aliphatic rings. The lowest BCUT2D eigenvalue weighted by atomic mass is 9.98. The van der Waals surface area contributed by atoms with Crippen LogP contribution in [-0.2, 0) is 0 Å². The zero-order valence-electron chi connectivity index (χ0n) is 13.0. The molecule has 0 unspecified atom stereocenters. The summed E-state index contributed by atoms with van der Waals surface area (Å²) in [6.07, 6.45) is 0. The predicted molar refractivity (Wildman–Crippen MR) is 90.7 cm³/mol. The predicted octanol–water partition coefficient (Wildman–Crippen LogP) is 4.02. The average Bonchev–Trinajstić information content (AvgIpc) is 2.61. The minimum Gasteiger partial charge on any atom is -0.497 e. The van der Waals surface area contributed by atoms with Gasteiger partial charge < -0.3 is 10.5 Å². The van der Waals surface area contributed by atoms with Crippen LogP contribution >= 0.6 is 0 Å². The Morgan fingerprint density at radius 2 is 1.83 bits per heavy atom. The molecule has 0 spiro atoms. The molecule has 0 aliphatic heterocycles. The van der Waals surface area contributed by atoms with Crippen LogP contribution in [0.4, 0.5) is 10.2 Å². The first-order valence-electron chi connectivity index (χ1n) is 7.23. The van der Waals surface area contributed by atoms with Crippen molar-refractivity contribution in [2.75, 3.05) is 12.8 Å². The minimum absolute atomic E-state index is 0.136. The number of benzene rings is 2. The lowest BCUT2D eigenvalue weighted by Gasteiger charge is -2.11. The molecule has 3 aromatic rings. The number of hydrogen-bond donors (Lipinski definition) is 1. The van der Waals surface area contributed by atoms with Crippen molar-refractivity contribution in [3.05, 3.63) is 66.0 Å². The number of pyridine rings is 1. The summed E-state index contributed by atoms with van der Waals surface area (Å²) < 4.78 is 18.4. The van der Waals surface area contributed by atoms with E-state index in [1.54, 1.807) is 25.3 Å². The summed E-state index contributed by atoms with van der Waals surface area (Å²) >= 11 is 0. The van der Waals surface area contributed by atoms with Crippen molar-refractivity contribution in [2.45, 2.75) is 0 Å². The molecule has 5 heteroatoms. The molecule has 0 saturated heterocycles. The van der Waals surface area contributed by atoms with E-state index in [0.717, 1.165) is 5.56 Å². The first-order valence-corrected chi connectivity index (χ1v) is 7.23. The van der Waals surface area contributed by atoms with Crippen LogP contribution in [0.2, 0.25) is 0 Å². The van der Waals surface area contributed by atoms with Gasteiger partial charge in [-0.05, 0) is 35.9 Å². The van der Waals surface area contributed by atoms with E-state index in [-0.39, 0.29) is 17.2 Å². The highest BCUT2D eigenvalue weighted by molar-refractivity contribution is 5.80. The molecule has 3 rings (SSSR count).